The average molecular weight is 73.1 g/mol. The Morgan fingerprint density at radius 1 is 1.20 bits per heavy atom. The topological polar surface area (TPSA) is 0 Å². The molecule has 0 nitrogen and oxygen atoms in total. The van der Waals surface area contributed by atoms with Crippen molar-refractivity contribution in [1.82, 2.24) is 0 Å². The normalized spacial score (nSPS) is 6.80. The molecule has 0 heterocycles. The second-order valence-electron chi connectivity index (χ2n) is 1.35. The minimum absolute atomic E-state index is 0.0972. The van der Waals surface area contributed by atoms with Gasteiger partial charge in [-0.15, -0.1) is 0 Å². The van der Waals surface area contributed by atoms with Gasteiger partial charge in [0, 0.05) is 0 Å². The van der Waals surface area contributed by atoms with Gasteiger partial charge in [0.2, 0.25) is 0 Å². The summed E-state index contributed by atoms with van der Waals surface area (Å²) < 4.78 is 0. The van der Waals surface area contributed by atoms with Crippen LogP contribution in [0.15, 0.2) is 0 Å². The van der Waals surface area contributed by atoms with Crippen LogP contribution >= 0.6 is 0 Å². The third-order valence-corrected chi connectivity index (χ3v) is 3.67. The van der Waals surface area contributed by atoms with Gasteiger partial charge in [0.1, 0.15) is 0 Å². The van der Waals surface area contributed by atoms with Crippen LogP contribution in [0.2, 0.25) is 10.0 Å². The Morgan fingerprint density at radius 2 is 1.60 bits per heavy atom. The van der Waals surface area contributed by atoms with Crippen LogP contribution in [0.3, 0.4) is 0 Å². The molecule has 0 radical (unpaired) electrons. The monoisotopic (exact) mass is 73.1 g/mol. The van der Waals surface area contributed by atoms with Crippen molar-refractivity contribution in [1.29, 1.82) is 0 Å². The molecule has 0 atom stereocenters. The van der Waals surface area contributed by atoms with Crippen molar-refractivity contribution >= 4 is 0 Å². The van der Waals surface area contributed by atoms with Crippen molar-refractivity contribution in [2.24, 2.45) is 0 Å². The Balaban J connectivity index is 2.19. The predicted octanol–water partition coefficient (Wildman–Crippen LogP) is 1.95. The summed E-state index contributed by atoms with van der Waals surface area (Å²) in [6.07, 6.45) is 0. The quantitative estimate of drug-likeness (QED) is 0.438. The van der Waals surface area contributed by atoms with Crippen LogP contribution in [0.25, 0.3) is 0 Å². The van der Waals surface area contributed by atoms with Gasteiger partial charge < -0.3 is 0 Å². The summed E-state index contributed by atoms with van der Waals surface area (Å²) in [7, 11) is 0. The van der Waals surface area contributed by atoms with E-state index < -0.39 is 0 Å². The van der Waals surface area contributed by atoms with E-state index in [-0.39, 0.29) is 17.1 Å². The van der Waals surface area contributed by atoms with Crippen molar-refractivity contribution in [3.05, 3.63) is 0 Å². The van der Waals surface area contributed by atoms with Crippen LogP contribution in [-0.4, -0.2) is 0 Å². The summed E-state index contributed by atoms with van der Waals surface area (Å²) >= 11 is 0.0972. The van der Waals surface area contributed by atoms with E-state index in [9.17, 15) is 0 Å². The number of hydrogen-bond donors (Lipinski definition) is 0. The Hall–Kier alpha value is 0.623. The zero-order valence-electron chi connectivity index (χ0n) is 4.12. The van der Waals surface area contributed by atoms with Gasteiger partial charge in [-0.1, -0.05) is 0 Å². The van der Waals surface area contributed by atoms with Crippen LogP contribution in [0.5, 0.6) is 0 Å². The van der Waals surface area contributed by atoms with Crippen molar-refractivity contribution < 1.29 is 17.1 Å². The molecule has 5 heavy (non-hydrogen) atoms. The van der Waals surface area contributed by atoms with Crippen molar-refractivity contribution in [3.63, 3.8) is 0 Å². The second-order valence-corrected chi connectivity index (χ2v) is 7.03. The fraction of sp³-hybridized carbons (Fsp3) is 1.00. The summed E-state index contributed by atoms with van der Waals surface area (Å²) in [6.45, 7) is 4.59. The van der Waals surface area contributed by atoms with Gasteiger partial charge in [0.25, 0.3) is 0 Å². The van der Waals surface area contributed by atoms with E-state index in [1.54, 1.807) is 0 Å². The Labute approximate surface area is 41.6 Å². The number of rotatable bonds is 2. The SMILES string of the molecule is C[CH2][15Zn][CH2]C. The summed E-state index contributed by atoms with van der Waals surface area (Å²) in [5.74, 6) is 0. The molecule has 0 rings (SSSR count). The maximum atomic E-state index is 2.30. The average Bonchev–Trinajstić information content (AvgIpc) is 1.41. The van der Waals surface area contributed by atoms with E-state index in [2.05, 4.69) is 13.8 Å². The standard InChI is InChI=1S/2C2H5.Zn/c2*1-2;/h2*1H2,2H3;/i;;1-50. The molecule has 1 heteroatoms. The van der Waals surface area contributed by atoms with Crippen LogP contribution in [0, 0.1) is 0 Å². The molecule has 0 bridgehead atoms. The Bertz CT molecular complexity index is 11.1. The Morgan fingerprint density at radius 3 is 1.60 bits per heavy atom. The molecule has 0 saturated heterocycles. The van der Waals surface area contributed by atoms with E-state index in [0.29, 0.717) is 0 Å². The van der Waals surface area contributed by atoms with Gasteiger partial charge in [-0.05, 0) is 0 Å². The molecular weight excluding hydrogens is 63.0 g/mol. The molecule has 0 fully saturated rings. The van der Waals surface area contributed by atoms with Gasteiger partial charge in [-0.3, -0.25) is 0 Å². The zero-order chi connectivity index (χ0) is 4.12. The first kappa shape index (κ1) is 5.62. The van der Waals surface area contributed by atoms with Gasteiger partial charge in [-0.2, -0.15) is 0 Å². The van der Waals surface area contributed by atoms with Crippen LogP contribution in [0.1, 0.15) is 13.8 Å². The molecule has 0 saturated carbocycles. The molecule has 0 aliphatic heterocycles. The third-order valence-electron chi connectivity index (χ3n) is 0.707. The van der Waals surface area contributed by atoms with Crippen molar-refractivity contribution in [2.45, 2.75) is 23.9 Å². The molecule has 0 unspecified atom stereocenters. The van der Waals surface area contributed by atoms with E-state index >= 15 is 0 Å². The van der Waals surface area contributed by atoms with Gasteiger partial charge in [0.15, 0.2) is 0 Å². The summed E-state index contributed by atoms with van der Waals surface area (Å²) in [5, 5.41) is 3.06. The van der Waals surface area contributed by atoms with E-state index in [4.69, 9.17) is 0 Å². The summed E-state index contributed by atoms with van der Waals surface area (Å²) in [4.78, 5) is 0. The van der Waals surface area contributed by atoms with E-state index in [1.165, 1.54) is 10.0 Å². The van der Waals surface area contributed by atoms with Gasteiger partial charge in [0.05, 0.1) is 0 Å². The molecular formula is C4H10Zn. The summed E-state index contributed by atoms with van der Waals surface area (Å²) in [6, 6.07) is 0. The molecule has 0 N–H and O–H groups in total. The van der Waals surface area contributed by atoms with E-state index in [0.717, 1.165) is 0 Å². The molecule has 0 aromatic carbocycles. The van der Waals surface area contributed by atoms with Crippen LogP contribution in [-0.2, 0) is 17.1 Å². The van der Waals surface area contributed by atoms with Gasteiger partial charge >= 0.3 is 41.0 Å². The molecule has 0 spiro atoms. The molecule has 0 aromatic rings. The first-order chi connectivity index (χ1) is 2.41. The fourth-order valence-electron chi connectivity index (χ4n) is 0.354. The molecule has 0 amide bonds. The predicted molar refractivity (Wildman–Crippen MR) is 21.0 cm³/mol. The van der Waals surface area contributed by atoms with Gasteiger partial charge in [-0.25, -0.2) is 0 Å². The number of hydrogen-bond acceptors (Lipinski definition) is 0. The van der Waals surface area contributed by atoms with Crippen LogP contribution in [0.4, 0.5) is 0 Å². The molecule has 0 aliphatic carbocycles. The maximum absolute atomic E-state index is 2.30. The minimum atomic E-state index is 0.0972. The zero-order valence-corrected chi connectivity index (χ0v) is 7.09. The summed E-state index contributed by atoms with van der Waals surface area (Å²) in [5.41, 5.74) is 0. The molecule has 0 aliphatic rings. The molecule has 0 aromatic heterocycles. The van der Waals surface area contributed by atoms with Crippen molar-refractivity contribution in [3.8, 4) is 0 Å². The van der Waals surface area contributed by atoms with E-state index in [1.807, 2.05) is 0 Å². The second kappa shape index (κ2) is 4.62. The third kappa shape index (κ3) is 4.62. The Kier molecular flexibility index (Phi) is 5.20. The fourth-order valence-corrected chi connectivity index (χ4v) is 1.84. The first-order valence-electron chi connectivity index (χ1n) is 2.41. The molecule has 28 valence electrons. The van der Waals surface area contributed by atoms with Crippen LogP contribution < -0.4 is 0 Å². The first-order valence-corrected chi connectivity index (χ1v) is 6.61. The van der Waals surface area contributed by atoms with Crippen molar-refractivity contribution in [2.75, 3.05) is 0 Å².